The predicted molar refractivity (Wildman–Crippen MR) is 151 cm³/mol. The van der Waals surface area contributed by atoms with Crippen molar-refractivity contribution in [2.24, 2.45) is 0 Å². The van der Waals surface area contributed by atoms with Crippen molar-refractivity contribution in [3.05, 3.63) is 72.2 Å². The lowest BCUT2D eigenvalue weighted by atomic mass is 9.89. The topological polar surface area (TPSA) is 126 Å². The molecule has 1 fully saturated rings. The summed E-state index contributed by atoms with van der Waals surface area (Å²) in [6, 6.07) is 9.14. The number of fused-ring (bicyclic) bond motifs is 1. The van der Waals surface area contributed by atoms with Gasteiger partial charge in [-0.05, 0) is 35.9 Å². The third-order valence-corrected chi connectivity index (χ3v) is 9.11. The van der Waals surface area contributed by atoms with E-state index in [2.05, 4.69) is 15.2 Å². The maximum Gasteiger partial charge on any atom is 0.407 e. The minimum Gasteiger partial charge on any atom is -0.465 e. The Morgan fingerprint density at radius 2 is 1.74 bits per heavy atom. The van der Waals surface area contributed by atoms with Crippen molar-refractivity contribution in [1.82, 2.24) is 20.1 Å². The van der Waals surface area contributed by atoms with E-state index in [1.54, 1.807) is 38.4 Å². The van der Waals surface area contributed by atoms with Crippen LogP contribution in [0.5, 0.6) is 0 Å². The quantitative estimate of drug-likeness (QED) is 0.306. The van der Waals surface area contributed by atoms with Crippen LogP contribution >= 0.6 is 0 Å². The maximum atomic E-state index is 14.8. The van der Waals surface area contributed by atoms with Gasteiger partial charge >= 0.3 is 6.09 Å². The van der Waals surface area contributed by atoms with Gasteiger partial charge in [-0.2, -0.15) is 10.2 Å². The third kappa shape index (κ3) is 5.49. The molecular formula is C29H29F2N5O5S. The highest BCUT2D eigenvalue weighted by Gasteiger charge is 2.34. The van der Waals surface area contributed by atoms with Gasteiger partial charge in [0.1, 0.15) is 16.5 Å². The Morgan fingerprint density at radius 3 is 2.40 bits per heavy atom. The third-order valence-electron chi connectivity index (χ3n) is 7.31. The molecule has 0 radical (unpaired) electrons. The van der Waals surface area contributed by atoms with Gasteiger partial charge in [0.15, 0.2) is 0 Å². The maximum absolute atomic E-state index is 14.8. The Labute approximate surface area is 241 Å². The SMILES string of the molecule is COCC(C)(C)c1ncc(-c2ccc3nncc(N4CCN(C(=O)O)CC4)c3c2)cc1S(=O)(=O)c1ccc(F)cc1F. The fraction of sp³-hybridized carbons (Fsp3) is 0.310. The van der Waals surface area contributed by atoms with Crippen LogP contribution < -0.4 is 4.90 Å². The summed E-state index contributed by atoms with van der Waals surface area (Å²) in [7, 11) is -2.98. The number of nitrogens with zero attached hydrogens (tertiary/aromatic N) is 5. The molecular weight excluding hydrogens is 568 g/mol. The van der Waals surface area contributed by atoms with Crippen LogP contribution in [0.1, 0.15) is 19.5 Å². The molecule has 0 unspecified atom stereocenters. The molecule has 4 aromatic rings. The average molecular weight is 598 g/mol. The second kappa shape index (κ2) is 11.2. The van der Waals surface area contributed by atoms with E-state index in [1.165, 1.54) is 18.1 Å². The first-order chi connectivity index (χ1) is 19.9. The van der Waals surface area contributed by atoms with E-state index in [1.807, 2.05) is 11.0 Å². The van der Waals surface area contributed by atoms with Crippen molar-refractivity contribution in [2.45, 2.75) is 29.1 Å². The Hall–Kier alpha value is -4.23. The number of methoxy groups -OCH3 is 1. The molecule has 1 N–H and O–H groups in total. The fourth-order valence-electron chi connectivity index (χ4n) is 5.17. The van der Waals surface area contributed by atoms with Crippen LogP contribution in [0.4, 0.5) is 19.3 Å². The number of aromatic nitrogens is 3. The highest BCUT2D eigenvalue weighted by Crippen LogP contribution is 2.36. The van der Waals surface area contributed by atoms with Crippen LogP contribution in [0, 0.1) is 11.6 Å². The number of amides is 1. The van der Waals surface area contributed by atoms with E-state index in [0.29, 0.717) is 48.9 Å². The Kier molecular flexibility index (Phi) is 7.82. The van der Waals surface area contributed by atoms with Crippen molar-refractivity contribution < 1.29 is 31.8 Å². The van der Waals surface area contributed by atoms with Crippen LogP contribution in [-0.2, 0) is 20.0 Å². The van der Waals surface area contributed by atoms with Gasteiger partial charge in [-0.1, -0.05) is 19.9 Å². The molecule has 1 saturated heterocycles. The minimum absolute atomic E-state index is 0.140. The summed E-state index contributed by atoms with van der Waals surface area (Å²) in [6.07, 6.45) is 2.20. The molecule has 13 heteroatoms. The highest BCUT2D eigenvalue weighted by atomic mass is 32.2. The predicted octanol–water partition coefficient (Wildman–Crippen LogP) is 4.53. The second-order valence-corrected chi connectivity index (χ2v) is 12.6. The van der Waals surface area contributed by atoms with E-state index in [0.717, 1.165) is 23.2 Å². The number of hydrogen-bond donors (Lipinski definition) is 1. The van der Waals surface area contributed by atoms with Crippen LogP contribution in [0.2, 0.25) is 0 Å². The molecule has 0 bridgehead atoms. The van der Waals surface area contributed by atoms with Gasteiger partial charge in [-0.15, -0.1) is 0 Å². The molecule has 1 aliphatic heterocycles. The summed E-state index contributed by atoms with van der Waals surface area (Å²) >= 11 is 0. The zero-order valence-electron chi connectivity index (χ0n) is 23.2. The molecule has 2 aromatic heterocycles. The monoisotopic (exact) mass is 597 g/mol. The number of anilines is 1. The lowest BCUT2D eigenvalue weighted by molar-refractivity contribution is 0.142. The summed E-state index contributed by atoms with van der Waals surface area (Å²) in [6.45, 7) is 5.28. The van der Waals surface area contributed by atoms with Crippen LogP contribution in [-0.4, -0.2) is 79.6 Å². The first kappa shape index (κ1) is 29.3. The van der Waals surface area contributed by atoms with Gasteiger partial charge in [0.2, 0.25) is 9.84 Å². The number of carboxylic acid groups (broad SMARTS) is 1. The largest absolute Gasteiger partial charge is 0.465 e. The molecule has 10 nitrogen and oxygen atoms in total. The lowest BCUT2D eigenvalue weighted by Gasteiger charge is -2.34. The summed E-state index contributed by atoms with van der Waals surface area (Å²) in [5, 5.41) is 18.4. The van der Waals surface area contributed by atoms with E-state index in [-0.39, 0.29) is 17.2 Å². The standard InChI is InChI=1S/C29H29F2N5O5S/c1-29(2,17-41-3)27-26(42(39,40)25-7-5-20(30)14-22(25)31)13-19(15-32-27)18-4-6-23-21(12-18)24(16-33-34-23)35-8-10-36(11-9-35)28(37)38/h4-7,12-16H,8-11,17H2,1-3H3,(H,37,38). The smallest absolute Gasteiger partial charge is 0.407 e. The number of pyridine rings is 1. The number of rotatable bonds is 7. The van der Waals surface area contributed by atoms with Crippen LogP contribution in [0.3, 0.4) is 0 Å². The molecule has 5 rings (SSSR count). The van der Waals surface area contributed by atoms with Crippen molar-refractivity contribution in [3.63, 3.8) is 0 Å². The number of ether oxygens (including phenoxy) is 1. The Bertz CT molecular complexity index is 1780. The number of piperazine rings is 1. The summed E-state index contributed by atoms with van der Waals surface area (Å²) < 4.78 is 61.4. The first-order valence-corrected chi connectivity index (χ1v) is 14.6. The van der Waals surface area contributed by atoms with E-state index >= 15 is 0 Å². The van der Waals surface area contributed by atoms with Crippen molar-refractivity contribution in [3.8, 4) is 11.1 Å². The van der Waals surface area contributed by atoms with Gasteiger partial charge in [0.05, 0.1) is 34.6 Å². The second-order valence-electron chi connectivity index (χ2n) is 10.7. The molecule has 0 spiro atoms. The molecule has 2 aromatic carbocycles. The van der Waals surface area contributed by atoms with Crippen molar-refractivity contribution in [1.29, 1.82) is 0 Å². The summed E-state index contributed by atoms with van der Waals surface area (Å²) in [4.78, 5) is 18.4. The molecule has 0 aliphatic carbocycles. The molecule has 0 saturated carbocycles. The van der Waals surface area contributed by atoms with Crippen LogP contribution in [0.15, 0.2) is 64.6 Å². The van der Waals surface area contributed by atoms with Crippen LogP contribution in [0.25, 0.3) is 22.0 Å². The van der Waals surface area contributed by atoms with Gasteiger partial charge in [-0.3, -0.25) is 4.98 Å². The van der Waals surface area contributed by atoms with Crippen molar-refractivity contribution >= 4 is 32.5 Å². The average Bonchev–Trinajstić information content (AvgIpc) is 2.96. The van der Waals surface area contributed by atoms with Gasteiger partial charge < -0.3 is 19.6 Å². The fourth-order valence-corrected chi connectivity index (χ4v) is 6.84. The number of benzene rings is 2. The number of carbonyl (C=O) groups is 1. The molecule has 0 atom stereocenters. The number of halogens is 2. The minimum atomic E-state index is -4.47. The highest BCUT2D eigenvalue weighted by molar-refractivity contribution is 7.91. The first-order valence-electron chi connectivity index (χ1n) is 13.1. The molecule has 3 heterocycles. The lowest BCUT2D eigenvalue weighted by Crippen LogP contribution is -2.48. The Morgan fingerprint density at radius 1 is 1.00 bits per heavy atom. The van der Waals surface area contributed by atoms with Gasteiger partial charge in [0.25, 0.3) is 0 Å². The summed E-state index contributed by atoms with van der Waals surface area (Å²) in [5.74, 6) is -2.09. The molecule has 220 valence electrons. The zero-order valence-corrected chi connectivity index (χ0v) is 24.0. The molecule has 1 amide bonds. The Balaban J connectivity index is 1.63. The van der Waals surface area contributed by atoms with E-state index < -0.39 is 37.9 Å². The summed E-state index contributed by atoms with van der Waals surface area (Å²) in [5.41, 5.74) is 1.76. The van der Waals surface area contributed by atoms with Crippen molar-refractivity contribution in [2.75, 3.05) is 44.8 Å². The normalized spacial score (nSPS) is 14.4. The van der Waals surface area contributed by atoms with E-state index in [4.69, 9.17) is 4.74 Å². The zero-order chi connectivity index (χ0) is 30.2. The molecule has 1 aliphatic rings. The number of sulfone groups is 1. The molecule has 42 heavy (non-hydrogen) atoms. The van der Waals surface area contributed by atoms with E-state index in [9.17, 15) is 27.1 Å². The van der Waals surface area contributed by atoms with Gasteiger partial charge in [0, 0.05) is 61.9 Å². The van der Waals surface area contributed by atoms with Gasteiger partial charge in [-0.25, -0.2) is 22.0 Å². The number of hydrogen-bond acceptors (Lipinski definition) is 8.